The molecule has 9 heteroatoms. The number of hydrogen-bond donors (Lipinski definition) is 2. The number of likely N-dealkylation sites (tertiary alicyclic amines) is 1. The lowest BCUT2D eigenvalue weighted by Gasteiger charge is -2.29. The topological polar surface area (TPSA) is 83.1 Å². The van der Waals surface area contributed by atoms with Gasteiger partial charge in [0.2, 0.25) is 0 Å². The summed E-state index contributed by atoms with van der Waals surface area (Å²) in [7, 11) is 1.97. The van der Waals surface area contributed by atoms with Crippen molar-refractivity contribution in [1.29, 1.82) is 0 Å². The number of fused-ring (bicyclic) bond motifs is 1. The van der Waals surface area contributed by atoms with Crippen molar-refractivity contribution >= 4 is 29.3 Å². The number of unbranched alkanes of at least 4 members (excludes halogenated alkanes) is 1. The van der Waals surface area contributed by atoms with Gasteiger partial charge in [-0.05, 0) is 71.2 Å². The third-order valence-electron chi connectivity index (χ3n) is 5.85. The molecule has 0 aliphatic carbocycles. The molecule has 8 nitrogen and oxygen atoms in total. The molecule has 1 aromatic rings. The Balaban J connectivity index is 1.34. The van der Waals surface area contributed by atoms with Crippen molar-refractivity contribution in [3.8, 4) is 5.75 Å². The number of nitrogens with zero attached hydrogens (tertiary/aromatic N) is 2. The Bertz CT molecular complexity index is 842. The maximum atomic E-state index is 12.7. The Morgan fingerprint density at radius 3 is 2.76 bits per heavy atom. The predicted molar refractivity (Wildman–Crippen MR) is 131 cm³/mol. The van der Waals surface area contributed by atoms with Gasteiger partial charge < -0.3 is 29.9 Å². The molecular formula is C24H37ClN4O4. The van der Waals surface area contributed by atoms with Gasteiger partial charge in [0.25, 0.3) is 5.91 Å². The lowest BCUT2D eigenvalue weighted by molar-refractivity contribution is 0.0519. The van der Waals surface area contributed by atoms with Crippen molar-refractivity contribution in [3.05, 3.63) is 22.7 Å². The Kier molecular flexibility index (Phi) is 8.70. The average molecular weight is 481 g/mol. The standard InChI is InChI=1S/C24H37ClN4O4/c1-24(2,3)33-23(31)27-15-17-7-10-29(16-17)9-6-5-8-26-22(30)19-13-18(25)14-20-21(19)32-12-11-28(20)4/h13-14,17H,5-12,15-16H2,1-4H3,(H,26,30)(H,27,31). The molecule has 1 fully saturated rings. The summed E-state index contributed by atoms with van der Waals surface area (Å²) in [5.41, 5.74) is 0.865. The van der Waals surface area contributed by atoms with Gasteiger partial charge in [0.15, 0.2) is 5.75 Å². The zero-order valence-corrected chi connectivity index (χ0v) is 21.0. The van der Waals surface area contributed by atoms with Crippen molar-refractivity contribution in [2.24, 2.45) is 5.92 Å². The lowest BCUT2D eigenvalue weighted by atomic mass is 10.1. The van der Waals surface area contributed by atoms with Crippen molar-refractivity contribution in [3.63, 3.8) is 0 Å². The number of carbonyl (C=O) groups excluding carboxylic acids is 2. The Morgan fingerprint density at radius 2 is 2.00 bits per heavy atom. The average Bonchev–Trinajstić information content (AvgIpc) is 3.18. The Morgan fingerprint density at radius 1 is 1.21 bits per heavy atom. The number of halogens is 1. The maximum Gasteiger partial charge on any atom is 0.407 e. The second-order valence-corrected chi connectivity index (χ2v) is 10.3. The molecule has 1 aromatic carbocycles. The predicted octanol–water partition coefficient (Wildman–Crippen LogP) is 3.53. The Labute approximate surface area is 201 Å². The first-order valence-corrected chi connectivity index (χ1v) is 12.1. The minimum absolute atomic E-state index is 0.154. The second-order valence-electron chi connectivity index (χ2n) is 9.87. The SMILES string of the molecule is CN1CCOc2c(C(=O)NCCCCN3CCC(CNC(=O)OC(C)(C)C)C3)cc(Cl)cc21. The molecule has 1 atom stereocenters. The minimum Gasteiger partial charge on any atom is -0.489 e. The Hall–Kier alpha value is -2.19. The highest BCUT2D eigenvalue weighted by Gasteiger charge is 2.25. The molecule has 0 aromatic heterocycles. The summed E-state index contributed by atoms with van der Waals surface area (Å²) in [6.07, 6.45) is 2.61. The van der Waals surface area contributed by atoms with Crippen LogP contribution in [0.1, 0.15) is 50.4 Å². The van der Waals surface area contributed by atoms with Crippen LogP contribution in [0.3, 0.4) is 0 Å². The molecule has 1 saturated heterocycles. The quantitative estimate of drug-likeness (QED) is 0.554. The van der Waals surface area contributed by atoms with E-state index in [1.807, 2.05) is 38.8 Å². The van der Waals surface area contributed by atoms with Gasteiger partial charge >= 0.3 is 6.09 Å². The van der Waals surface area contributed by atoms with Gasteiger partial charge in [-0.25, -0.2) is 4.79 Å². The zero-order valence-electron chi connectivity index (χ0n) is 20.2. The minimum atomic E-state index is -0.475. The van der Waals surface area contributed by atoms with Crippen LogP contribution in [0.15, 0.2) is 12.1 Å². The molecular weight excluding hydrogens is 444 g/mol. The summed E-state index contributed by atoms with van der Waals surface area (Å²) < 4.78 is 11.1. The number of alkyl carbamates (subject to hydrolysis) is 1. The molecule has 184 valence electrons. The molecule has 2 aliphatic heterocycles. The number of hydrogen-bond acceptors (Lipinski definition) is 6. The number of ether oxygens (including phenoxy) is 2. The van der Waals surface area contributed by atoms with E-state index in [2.05, 4.69) is 15.5 Å². The second kappa shape index (κ2) is 11.3. The van der Waals surface area contributed by atoms with E-state index >= 15 is 0 Å². The maximum absolute atomic E-state index is 12.7. The van der Waals surface area contributed by atoms with Crippen LogP contribution in [0.25, 0.3) is 0 Å². The molecule has 0 saturated carbocycles. The van der Waals surface area contributed by atoms with Gasteiger partial charge in [0.05, 0.1) is 17.8 Å². The number of nitrogens with one attached hydrogen (secondary N) is 2. The molecule has 0 spiro atoms. The highest BCUT2D eigenvalue weighted by molar-refractivity contribution is 6.31. The van der Waals surface area contributed by atoms with E-state index in [0.29, 0.717) is 41.9 Å². The van der Waals surface area contributed by atoms with Gasteiger partial charge in [-0.3, -0.25) is 4.79 Å². The third-order valence-corrected chi connectivity index (χ3v) is 6.07. The van der Waals surface area contributed by atoms with Gasteiger partial charge in [0.1, 0.15) is 12.2 Å². The van der Waals surface area contributed by atoms with E-state index in [0.717, 1.165) is 51.1 Å². The summed E-state index contributed by atoms with van der Waals surface area (Å²) in [5, 5.41) is 6.41. The van der Waals surface area contributed by atoms with Gasteiger partial charge in [-0.2, -0.15) is 0 Å². The van der Waals surface area contributed by atoms with Crippen LogP contribution in [-0.2, 0) is 4.74 Å². The zero-order chi connectivity index (χ0) is 24.0. The van der Waals surface area contributed by atoms with E-state index in [-0.39, 0.29) is 12.0 Å². The third kappa shape index (κ3) is 7.67. The molecule has 2 N–H and O–H groups in total. The van der Waals surface area contributed by atoms with Crippen LogP contribution in [0.5, 0.6) is 5.75 Å². The first-order valence-electron chi connectivity index (χ1n) is 11.8. The number of anilines is 1. The number of rotatable bonds is 8. The van der Waals surface area contributed by atoms with Gasteiger partial charge in [-0.1, -0.05) is 11.6 Å². The number of benzene rings is 1. The fraction of sp³-hybridized carbons (Fsp3) is 0.667. The fourth-order valence-corrected chi connectivity index (χ4v) is 4.38. The fourth-order valence-electron chi connectivity index (χ4n) is 4.17. The van der Waals surface area contributed by atoms with Crippen LogP contribution in [0.4, 0.5) is 10.5 Å². The van der Waals surface area contributed by atoms with Crippen molar-refractivity contribution in [2.45, 2.75) is 45.6 Å². The van der Waals surface area contributed by atoms with Crippen LogP contribution < -0.4 is 20.3 Å². The number of likely N-dealkylation sites (N-methyl/N-ethyl adjacent to an activating group) is 1. The first-order chi connectivity index (χ1) is 15.6. The molecule has 2 heterocycles. The highest BCUT2D eigenvalue weighted by atomic mass is 35.5. The van der Waals surface area contributed by atoms with Crippen molar-refractivity contribution in [1.82, 2.24) is 15.5 Å². The lowest BCUT2D eigenvalue weighted by Crippen LogP contribution is -2.36. The number of amides is 2. The van der Waals surface area contributed by atoms with Crippen LogP contribution >= 0.6 is 11.6 Å². The van der Waals surface area contributed by atoms with Gasteiger partial charge in [-0.15, -0.1) is 0 Å². The summed E-state index contributed by atoms with van der Waals surface area (Å²) in [6, 6.07) is 3.50. The molecule has 0 bridgehead atoms. The van der Waals surface area contributed by atoms with Crippen molar-refractivity contribution in [2.75, 3.05) is 57.8 Å². The van der Waals surface area contributed by atoms with Crippen LogP contribution in [0.2, 0.25) is 5.02 Å². The van der Waals surface area contributed by atoms with E-state index in [9.17, 15) is 9.59 Å². The summed E-state index contributed by atoms with van der Waals surface area (Å²) in [5.74, 6) is 0.900. The normalized spacial score (nSPS) is 18.5. The van der Waals surface area contributed by atoms with Gasteiger partial charge in [0, 0.05) is 31.7 Å². The molecule has 0 radical (unpaired) electrons. The molecule has 2 aliphatic rings. The molecule has 3 rings (SSSR count). The number of carbonyl (C=O) groups is 2. The summed E-state index contributed by atoms with van der Waals surface area (Å²) >= 11 is 6.23. The van der Waals surface area contributed by atoms with Crippen molar-refractivity contribution < 1.29 is 19.1 Å². The molecule has 33 heavy (non-hydrogen) atoms. The monoisotopic (exact) mass is 480 g/mol. The van der Waals surface area contributed by atoms with E-state index in [4.69, 9.17) is 21.1 Å². The molecule has 2 amide bonds. The summed E-state index contributed by atoms with van der Waals surface area (Å²) in [6.45, 7) is 11.1. The first kappa shape index (κ1) is 25.4. The highest BCUT2D eigenvalue weighted by Crippen LogP contribution is 2.37. The smallest absolute Gasteiger partial charge is 0.407 e. The molecule has 1 unspecified atom stereocenters. The van der Waals surface area contributed by atoms with E-state index in [1.54, 1.807) is 6.07 Å². The van der Waals surface area contributed by atoms with Crippen LogP contribution in [-0.4, -0.2) is 75.4 Å². The van der Waals surface area contributed by atoms with E-state index in [1.165, 1.54) is 0 Å². The largest absolute Gasteiger partial charge is 0.489 e. The summed E-state index contributed by atoms with van der Waals surface area (Å²) in [4.78, 5) is 29.0. The van der Waals surface area contributed by atoms with E-state index < -0.39 is 5.60 Å². The van der Waals surface area contributed by atoms with Crippen LogP contribution in [0, 0.1) is 5.92 Å².